The van der Waals surface area contributed by atoms with E-state index in [-0.39, 0.29) is 5.41 Å². The fraction of sp³-hybridized carbons (Fsp3) is 0.316. The van der Waals surface area contributed by atoms with Gasteiger partial charge >= 0.3 is 0 Å². The van der Waals surface area contributed by atoms with E-state index in [9.17, 15) is 0 Å². The molecular weight excluding hydrogens is 258 g/mol. The zero-order valence-electron chi connectivity index (χ0n) is 12.3. The molecule has 1 heterocycles. The molecule has 2 aliphatic rings. The first-order valence-corrected chi connectivity index (χ1v) is 7.67. The van der Waals surface area contributed by atoms with Gasteiger partial charge in [0.05, 0.1) is 18.5 Å². The largest absolute Gasteiger partial charge is 0.497 e. The van der Waals surface area contributed by atoms with E-state index in [4.69, 9.17) is 9.73 Å². The van der Waals surface area contributed by atoms with Gasteiger partial charge in [0, 0.05) is 5.41 Å². The van der Waals surface area contributed by atoms with Crippen LogP contribution in [0.3, 0.4) is 0 Å². The minimum Gasteiger partial charge on any atom is -0.497 e. The monoisotopic (exact) mass is 277 g/mol. The lowest BCUT2D eigenvalue weighted by atomic mass is 9.74. The summed E-state index contributed by atoms with van der Waals surface area (Å²) in [6.07, 6.45) is 5.02. The number of rotatable bonds is 2. The number of nitrogens with zero attached hydrogens (tertiary/aromatic N) is 1. The van der Waals surface area contributed by atoms with Crippen LogP contribution in [-0.2, 0) is 5.41 Å². The van der Waals surface area contributed by atoms with E-state index in [1.807, 2.05) is 12.1 Å². The Kier molecular flexibility index (Phi) is 2.85. The number of hydrogen-bond acceptors (Lipinski definition) is 2. The van der Waals surface area contributed by atoms with E-state index in [0.717, 1.165) is 11.4 Å². The van der Waals surface area contributed by atoms with Gasteiger partial charge in [-0.1, -0.05) is 31.0 Å². The molecule has 0 amide bonds. The molecule has 1 fully saturated rings. The maximum atomic E-state index is 5.27. The SMILES string of the molecule is COc1ccc(C2=Nc3ccccc3C23CCCC3)cc1. The molecule has 0 bridgehead atoms. The minimum absolute atomic E-state index is 0.144. The van der Waals surface area contributed by atoms with Crippen LogP contribution in [-0.4, -0.2) is 12.8 Å². The Labute approximate surface area is 125 Å². The summed E-state index contributed by atoms with van der Waals surface area (Å²) in [5.74, 6) is 0.898. The van der Waals surface area contributed by atoms with Crippen molar-refractivity contribution in [2.24, 2.45) is 4.99 Å². The fourth-order valence-electron chi connectivity index (χ4n) is 3.91. The van der Waals surface area contributed by atoms with Crippen molar-refractivity contribution in [3.63, 3.8) is 0 Å². The van der Waals surface area contributed by atoms with E-state index in [2.05, 4.69) is 36.4 Å². The van der Waals surface area contributed by atoms with E-state index in [1.165, 1.54) is 42.5 Å². The summed E-state index contributed by atoms with van der Waals surface area (Å²) >= 11 is 0. The molecule has 0 N–H and O–H groups in total. The molecule has 1 aliphatic heterocycles. The van der Waals surface area contributed by atoms with Crippen LogP contribution >= 0.6 is 0 Å². The van der Waals surface area contributed by atoms with Gasteiger partial charge in [-0.15, -0.1) is 0 Å². The molecule has 4 rings (SSSR count). The van der Waals surface area contributed by atoms with Crippen LogP contribution in [0.25, 0.3) is 0 Å². The molecule has 1 aliphatic carbocycles. The lowest BCUT2D eigenvalue weighted by Crippen LogP contribution is -2.30. The summed E-state index contributed by atoms with van der Waals surface area (Å²) in [5, 5.41) is 0. The molecular formula is C19H19NO. The second-order valence-electron chi connectivity index (χ2n) is 6.00. The number of hydrogen-bond donors (Lipinski definition) is 0. The Balaban J connectivity index is 1.84. The molecule has 106 valence electrons. The lowest BCUT2D eigenvalue weighted by Gasteiger charge is -2.27. The molecule has 2 heteroatoms. The number of methoxy groups -OCH3 is 1. The van der Waals surface area contributed by atoms with Gasteiger partial charge in [0.25, 0.3) is 0 Å². The van der Waals surface area contributed by atoms with Crippen LogP contribution in [0.5, 0.6) is 5.75 Å². The van der Waals surface area contributed by atoms with Crippen molar-refractivity contribution < 1.29 is 4.74 Å². The third-order valence-corrected chi connectivity index (χ3v) is 4.93. The fourth-order valence-corrected chi connectivity index (χ4v) is 3.91. The zero-order valence-corrected chi connectivity index (χ0v) is 12.3. The Morgan fingerprint density at radius 2 is 1.67 bits per heavy atom. The van der Waals surface area contributed by atoms with Gasteiger partial charge in [0.2, 0.25) is 0 Å². The lowest BCUT2D eigenvalue weighted by molar-refractivity contribution is 0.415. The molecule has 0 saturated heterocycles. The Morgan fingerprint density at radius 3 is 2.38 bits per heavy atom. The number of fused-ring (bicyclic) bond motifs is 2. The first-order chi connectivity index (χ1) is 10.3. The molecule has 2 aromatic carbocycles. The predicted octanol–water partition coefficient (Wildman–Crippen LogP) is 4.64. The maximum Gasteiger partial charge on any atom is 0.118 e. The van der Waals surface area contributed by atoms with Gasteiger partial charge in [-0.25, -0.2) is 0 Å². The van der Waals surface area contributed by atoms with Gasteiger partial charge in [-0.3, -0.25) is 4.99 Å². The Bertz CT molecular complexity index is 694. The van der Waals surface area contributed by atoms with Crippen molar-refractivity contribution >= 4 is 11.4 Å². The number of aliphatic imine (C=N–C) groups is 1. The van der Waals surface area contributed by atoms with Gasteiger partial charge < -0.3 is 4.74 Å². The average Bonchev–Trinajstić information content (AvgIpc) is 3.15. The van der Waals surface area contributed by atoms with Gasteiger partial charge in [0.15, 0.2) is 0 Å². The molecule has 0 atom stereocenters. The van der Waals surface area contributed by atoms with Crippen LogP contribution in [0.2, 0.25) is 0 Å². The molecule has 0 radical (unpaired) electrons. The van der Waals surface area contributed by atoms with Crippen LogP contribution in [0.4, 0.5) is 5.69 Å². The number of para-hydroxylation sites is 1. The smallest absolute Gasteiger partial charge is 0.118 e. The Hall–Kier alpha value is -2.09. The van der Waals surface area contributed by atoms with Crippen LogP contribution in [0, 0.1) is 0 Å². The average molecular weight is 277 g/mol. The third-order valence-electron chi connectivity index (χ3n) is 4.93. The quantitative estimate of drug-likeness (QED) is 0.783. The second-order valence-corrected chi connectivity index (χ2v) is 6.00. The first kappa shape index (κ1) is 12.6. The summed E-state index contributed by atoms with van der Waals surface area (Å²) in [6.45, 7) is 0. The molecule has 0 unspecified atom stereocenters. The molecule has 2 aromatic rings. The minimum atomic E-state index is 0.144. The topological polar surface area (TPSA) is 21.6 Å². The van der Waals surface area contributed by atoms with Crippen molar-refractivity contribution in [1.29, 1.82) is 0 Å². The van der Waals surface area contributed by atoms with Crippen molar-refractivity contribution in [3.05, 3.63) is 59.7 Å². The van der Waals surface area contributed by atoms with Crippen LogP contribution in [0.15, 0.2) is 53.5 Å². The summed E-state index contributed by atoms with van der Waals surface area (Å²) in [4.78, 5) is 4.99. The Morgan fingerprint density at radius 1 is 0.952 bits per heavy atom. The maximum absolute atomic E-state index is 5.27. The molecule has 2 nitrogen and oxygen atoms in total. The van der Waals surface area contributed by atoms with E-state index < -0.39 is 0 Å². The van der Waals surface area contributed by atoms with Gasteiger partial charge in [0.1, 0.15) is 5.75 Å². The predicted molar refractivity (Wildman–Crippen MR) is 85.8 cm³/mol. The zero-order chi connectivity index (χ0) is 14.3. The molecule has 1 saturated carbocycles. The van der Waals surface area contributed by atoms with E-state index >= 15 is 0 Å². The van der Waals surface area contributed by atoms with Crippen molar-refractivity contribution in [2.75, 3.05) is 7.11 Å². The normalized spacial score (nSPS) is 18.6. The summed E-state index contributed by atoms with van der Waals surface area (Å²) in [6, 6.07) is 17.0. The third kappa shape index (κ3) is 1.82. The summed E-state index contributed by atoms with van der Waals surface area (Å²) in [7, 11) is 1.70. The summed E-state index contributed by atoms with van der Waals surface area (Å²) in [5.41, 5.74) is 5.21. The van der Waals surface area contributed by atoms with Gasteiger partial charge in [-0.2, -0.15) is 0 Å². The van der Waals surface area contributed by atoms with Gasteiger partial charge in [-0.05, 0) is 54.3 Å². The van der Waals surface area contributed by atoms with Crippen molar-refractivity contribution in [3.8, 4) is 5.75 Å². The highest BCUT2D eigenvalue weighted by Gasteiger charge is 2.45. The molecule has 1 spiro atoms. The van der Waals surface area contributed by atoms with Crippen LogP contribution < -0.4 is 4.74 Å². The number of benzene rings is 2. The van der Waals surface area contributed by atoms with E-state index in [1.54, 1.807) is 7.11 Å². The standard InChI is InChI=1S/C19H19NO/c1-21-15-10-8-14(9-11-15)18-19(12-4-5-13-19)16-6-2-3-7-17(16)20-18/h2-3,6-11H,4-5,12-13H2,1H3. The second kappa shape index (κ2) is 4.73. The highest BCUT2D eigenvalue weighted by Crippen LogP contribution is 2.51. The highest BCUT2D eigenvalue weighted by atomic mass is 16.5. The molecule has 0 aromatic heterocycles. The van der Waals surface area contributed by atoms with Crippen molar-refractivity contribution in [1.82, 2.24) is 0 Å². The number of ether oxygens (including phenoxy) is 1. The molecule has 21 heavy (non-hydrogen) atoms. The van der Waals surface area contributed by atoms with Crippen molar-refractivity contribution in [2.45, 2.75) is 31.1 Å². The van der Waals surface area contributed by atoms with E-state index in [0.29, 0.717) is 0 Å². The first-order valence-electron chi connectivity index (χ1n) is 7.67. The summed E-state index contributed by atoms with van der Waals surface area (Å²) < 4.78 is 5.27. The van der Waals surface area contributed by atoms with Crippen LogP contribution in [0.1, 0.15) is 36.8 Å². The highest BCUT2D eigenvalue weighted by molar-refractivity contribution is 6.13.